The summed E-state index contributed by atoms with van der Waals surface area (Å²) in [5.41, 5.74) is 7.97. The van der Waals surface area contributed by atoms with E-state index in [0.29, 0.717) is 12.6 Å². The van der Waals surface area contributed by atoms with Gasteiger partial charge in [0.25, 0.3) is 0 Å². The minimum absolute atomic E-state index is 0.629. The molecule has 0 aliphatic heterocycles. The first-order valence-corrected chi connectivity index (χ1v) is 7.07. The van der Waals surface area contributed by atoms with Crippen LogP contribution in [0.15, 0.2) is 18.2 Å². The molecule has 3 rings (SSSR count). The second kappa shape index (κ2) is 4.71. The van der Waals surface area contributed by atoms with Gasteiger partial charge in [0.2, 0.25) is 0 Å². The largest absolute Gasteiger partial charge is 0.492 e. The molecule has 3 N–H and O–H groups in total. The molecule has 0 saturated heterocycles. The van der Waals surface area contributed by atoms with Crippen molar-refractivity contribution >= 4 is 11.4 Å². The number of nitrogen functional groups attached to an aromatic ring is 1. The van der Waals surface area contributed by atoms with E-state index in [0.717, 1.165) is 29.0 Å². The Bertz CT molecular complexity index is 413. The minimum atomic E-state index is 0.629. The number of hydrogen-bond donors (Lipinski definition) is 2. The van der Waals surface area contributed by atoms with Crippen LogP contribution in [0.25, 0.3) is 0 Å². The van der Waals surface area contributed by atoms with Gasteiger partial charge in [-0.25, -0.2) is 0 Å². The highest BCUT2D eigenvalue weighted by molar-refractivity contribution is 5.73. The van der Waals surface area contributed by atoms with E-state index in [1.807, 2.05) is 19.1 Å². The van der Waals surface area contributed by atoms with E-state index in [9.17, 15) is 0 Å². The number of ether oxygens (including phenoxy) is 1. The molecule has 3 heteroatoms. The lowest BCUT2D eigenvalue weighted by molar-refractivity contribution is 0.342. The van der Waals surface area contributed by atoms with Gasteiger partial charge >= 0.3 is 0 Å². The van der Waals surface area contributed by atoms with Gasteiger partial charge in [-0.05, 0) is 56.6 Å². The highest BCUT2D eigenvalue weighted by Gasteiger charge is 2.41. The van der Waals surface area contributed by atoms with Gasteiger partial charge in [0.05, 0.1) is 18.0 Å². The van der Waals surface area contributed by atoms with E-state index < -0.39 is 0 Å². The molecule has 18 heavy (non-hydrogen) atoms. The van der Waals surface area contributed by atoms with Crippen LogP contribution in [0.1, 0.15) is 32.6 Å². The van der Waals surface area contributed by atoms with Crippen molar-refractivity contribution in [3.8, 4) is 5.75 Å². The van der Waals surface area contributed by atoms with Gasteiger partial charge in [0.15, 0.2) is 0 Å². The summed E-state index contributed by atoms with van der Waals surface area (Å²) < 4.78 is 5.55. The molecule has 0 bridgehead atoms. The quantitative estimate of drug-likeness (QED) is 0.757. The SMILES string of the molecule is CCOc1cccc(NC(C2CC2)C2CC2)c1N. The van der Waals surface area contributed by atoms with Crippen LogP contribution < -0.4 is 15.8 Å². The van der Waals surface area contributed by atoms with E-state index in [1.54, 1.807) is 0 Å². The van der Waals surface area contributed by atoms with E-state index in [-0.39, 0.29) is 0 Å². The Morgan fingerprint density at radius 1 is 1.28 bits per heavy atom. The fourth-order valence-corrected chi connectivity index (χ4v) is 2.66. The van der Waals surface area contributed by atoms with Crippen LogP contribution >= 0.6 is 0 Å². The smallest absolute Gasteiger partial charge is 0.144 e. The first-order chi connectivity index (χ1) is 8.79. The fourth-order valence-electron chi connectivity index (χ4n) is 2.66. The Labute approximate surface area is 109 Å². The molecule has 98 valence electrons. The van der Waals surface area contributed by atoms with Gasteiger partial charge in [-0.2, -0.15) is 0 Å². The molecule has 1 aromatic rings. The van der Waals surface area contributed by atoms with Crippen molar-refractivity contribution in [1.29, 1.82) is 0 Å². The molecule has 0 heterocycles. The molecule has 2 fully saturated rings. The summed E-state index contributed by atoms with van der Waals surface area (Å²) in [5.74, 6) is 2.54. The topological polar surface area (TPSA) is 47.3 Å². The molecule has 2 saturated carbocycles. The Balaban J connectivity index is 1.76. The van der Waals surface area contributed by atoms with Gasteiger partial charge < -0.3 is 15.8 Å². The van der Waals surface area contributed by atoms with Crippen molar-refractivity contribution in [3.63, 3.8) is 0 Å². The molecule has 0 radical (unpaired) electrons. The number of nitrogens with one attached hydrogen (secondary N) is 1. The highest BCUT2D eigenvalue weighted by atomic mass is 16.5. The van der Waals surface area contributed by atoms with Crippen LogP contribution in [0.4, 0.5) is 11.4 Å². The number of para-hydroxylation sites is 1. The van der Waals surface area contributed by atoms with Crippen LogP contribution in [0.5, 0.6) is 5.75 Å². The van der Waals surface area contributed by atoms with Crippen molar-refractivity contribution < 1.29 is 4.74 Å². The zero-order chi connectivity index (χ0) is 12.5. The maximum atomic E-state index is 6.17. The Kier molecular flexibility index (Phi) is 3.06. The van der Waals surface area contributed by atoms with Crippen LogP contribution in [-0.2, 0) is 0 Å². The second-order valence-corrected chi connectivity index (χ2v) is 5.50. The van der Waals surface area contributed by atoms with Crippen molar-refractivity contribution in [2.75, 3.05) is 17.7 Å². The zero-order valence-corrected chi connectivity index (χ0v) is 11.0. The third-order valence-electron chi connectivity index (χ3n) is 3.95. The Hall–Kier alpha value is -1.38. The number of nitrogens with two attached hydrogens (primary N) is 1. The summed E-state index contributed by atoms with van der Waals surface area (Å²) in [5, 5.41) is 3.66. The summed E-state index contributed by atoms with van der Waals surface area (Å²) in [6, 6.07) is 6.65. The molecule has 0 atom stereocenters. The Morgan fingerprint density at radius 2 is 1.94 bits per heavy atom. The molecule has 0 unspecified atom stereocenters. The second-order valence-electron chi connectivity index (χ2n) is 5.50. The van der Waals surface area contributed by atoms with Crippen LogP contribution in [0.3, 0.4) is 0 Å². The lowest BCUT2D eigenvalue weighted by atomic mass is 10.1. The highest BCUT2D eigenvalue weighted by Crippen LogP contribution is 2.46. The molecular weight excluding hydrogens is 224 g/mol. The monoisotopic (exact) mass is 246 g/mol. The van der Waals surface area contributed by atoms with Crippen LogP contribution in [0, 0.1) is 11.8 Å². The molecule has 0 amide bonds. The number of benzene rings is 1. The van der Waals surface area contributed by atoms with Crippen molar-refractivity contribution in [2.24, 2.45) is 11.8 Å². The first-order valence-electron chi connectivity index (χ1n) is 7.07. The van der Waals surface area contributed by atoms with Gasteiger partial charge in [0.1, 0.15) is 5.75 Å². The van der Waals surface area contributed by atoms with Gasteiger partial charge in [-0.1, -0.05) is 6.07 Å². The van der Waals surface area contributed by atoms with Crippen LogP contribution in [-0.4, -0.2) is 12.6 Å². The molecule has 0 spiro atoms. The zero-order valence-electron chi connectivity index (χ0n) is 11.0. The van der Waals surface area contributed by atoms with Gasteiger partial charge in [0, 0.05) is 6.04 Å². The standard InChI is InChI=1S/C15H22N2O/c1-2-18-13-5-3-4-12(14(13)16)17-15(10-6-7-10)11-8-9-11/h3-5,10-11,15,17H,2,6-9,16H2,1H3. The third-order valence-corrected chi connectivity index (χ3v) is 3.95. The third kappa shape index (κ3) is 2.40. The molecule has 2 aliphatic rings. The van der Waals surface area contributed by atoms with Gasteiger partial charge in [-0.15, -0.1) is 0 Å². The molecule has 2 aliphatic carbocycles. The average molecular weight is 246 g/mol. The summed E-state index contributed by atoms with van der Waals surface area (Å²) >= 11 is 0. The summed E-state index contributed by atoms with van der Waals surface area (Å²) in [6.45, 7) is 2.64. The minimum Gasteiger partial charge on any atom is -0.492 e. The predicted molar refractivity (Wildman–Crippen MR) is 74.9 cm³/mol. The van der Waals surface area contributed by atoms with Gasteiger partial charge in [-0.3, -0.25) is 0 Å². The van der Waals surface area contributed by atoms with Crippen LogP contribution in [0.2, 0.25) is 0 Å². The van der Waals surface area contributed by atoms with E-state index in [1.165, 1.54) is 25.7 Å². The van der Waals surface area contributed by atoms with Crippen molar-refractivity contribution in [1.82, 2.24) is 0 Å². The summed E-state index contributed by atoms with van der Waals surface area (Å²) in [6.07, 6.45) is 5.50. The lowest BCUT2D eigenvalue weighted by Gasteiger charge is -2.21. The van der Waals surface area contributed by atoms with Crippen molar-refractivity contribution in [3.05, 3.63) is 18.2 Å². The van der Waals surface area contributed by atoms with E-state index in [2.05, 4.69) is 11.4 Å². The molecule has 0 aromatic heterocycles. The average Bonchev–Trinajstić information content (AvgIpc) is 3.24. The lowest BCUT2D eigenvalue weighted by Crippen LogP contribution is -2.24. The number of hydrogen-bond acceptors (Lipinski definition) is 3. The maximum Gasteiger partial charge on any atom is 0.144 e. The fraction of sp³-hybridized carbons (Fsp3) is 0.600. The first kappa shape index (κ1) is 11.7. The number of rotatable bonds is 6. The summed E-state index contributed by atoms with van der Waals surface area (Å²) in [7, 11) is 0. The predicted octanol–water partition coefficient (Wildman–Crippen LogP) is 3.27. The Morgan fingerprint density at radius 3 is 2.50 bits per heavy atom. The van der Waals surface area contributed by atoms with Crippen molar-refractivity contribution in [2.45, 2.75) is 38.6 Å². The maximum absolute atomic E-state index is 6.17. The summed E-state index contributed by atoms with van der Waals surface area (Å²) in [4.78, 5) is 0. The molecular formula is C15H22N2O. The van der Waals surface area contributed by atoms with E-state index >= 15 is 0 Å². The van der Waals surface area contributed by atoms with E-state index in [4.69, 9.17) is 10.5 Å². The molecule has 1 aromatic carbocycles. The number of anilines is 2. The normalized spacial score (nSPS) is 19.0. The molecule has 3 nitrogen and oxygen atoms in total.